The maximum absolute atomic E-state index is 13.7. The number of nitrogens with one attached hydrogen (secondary N) is 2. The van der Waals surface area contributed by atoms with E-state index < -0.39 is 0 Å². The van der Waals surface area contributed by atoms with Crippen molar-refractivity contribution in [3.05, 3.63) is 78.1 Å². The summed E-state index contributed by atoms with van der Waals surface area (Å²) in [7, 11) is 0. The third-order valence-electron chi connectivity index (χ3n) is 3.76. The minimum Gasteiger partial charge on any atom is -0.356 e. The summed E-state index contributed by atoms with van der Waals surface area (Å²) in [5, 5.41) is 8.89. The molecule has 3 aromatic rings. The van der Waals surface area contributed by atoms with Gasteiger partial charge in [-0.3, -0.25) is 0 Å². The van der Waals surface area contributed by atoms with Gasteiger partial charge in [0.2, 0.25) is 0 Å². The van der Waals surface area contributed by atoms with Crippen LogP contribution in [0.25, 0.3) is 10.8 Å². The van der Waals surface area contributed by atoms with Crippen LogP contribution in [0.5, 0.6) is 0 Å². The van der Waals surface area contributed by atoms with Gasteiger partial charge in [0, 0.05) is 0 Å². The number of hydrogen-bond acceptors (Lipinski definition) is 1. The third kappa shape index (κ3) is 3.48. The van der Waals surface area contributed by atoms with Crippen molar-refractivity contribution >= 4 is 33.8 Å². The molecule has 0 aromatic heterocycles. The van der Waals surface area contributed by atoms with Gasteiger partial charge >= 0.3 is 0 Å². The lowest BCUT2D eigenvalue weighted by Crippen LogP contribution is -2.31. The van der Waals surface area contributed by atoms with E-state index in [0.717, 1.165) is 5.56 Å². The molecule has 0 saturated heterocycles. The molecule has 0 aliphatic carbocycles. The van der Waals surface area contributed by atoms with Crippen LogP contribution >= 0.6 is 12.2 Å². The molecule has 3 rings (SSSR count). The summed E-state index contributed by atoms with van der Waals surface area (Å²) in [6.45, 7) is 2.04. The predicted molar refractivity (Wildman–Crippen MR) is 98.1 cm³/mol. The zero-order valence-corrected chi connectivity index (χ0v) is 13.5. The van der Waals surface area contributed by atoms with Gasteiger partial charge in [0.05, 0.1) is 11.7 Å². The topological polar surface area (TPSA) is 24.1 Å². The normalized spacial score (nSPS) is 11.9. The number of hydrogen-bond donors (Lipinski definition) is 2. The first-order valence-corrected chi connectivity index (χ1v) is 7.85. The van der Waals surface area contributed by atoms with Crippen molar-refractivity contribution in [2.75, 3.05) is 5.32 Å². The molecule has 0 aliphatic heterocycles. The predicted octanol–water partition coefficient (Wildman–Crippen LogP) is 5.03. The van der Waals surface area contributed by atoms with Gasteiger partial charge in [-0.15, -0.1) is 0 Å². The van der Waals surface area contributed by atoms with Crippen LogP contribution in [0.1, 0.15) is 18.5 Å². The van der Waals surface area contributed by atoms with Gasteiger partial charge in [-0.2, -0.15) is 0 Å². The summed E-state index contributed by atoms with van der Waals surface area (Å²) in [4.78, 5) is 0. The second-order valence-electron chi connectivity index (χ2n) is 5.37. The molecular weight excluding hydrogens is 307 g/mol. The molecule has 0 amide bonds. The van der Waals surface area contributed by atoms with E-state index in [1.54, 1.807) is 18.2 Å². The second kappa shape index (κ2) is 6.75. The molecule has 23 heavy (non-hydrogen) atoms. The number of halogens is 1. The molecule has 0 heterocycles. The van der Waals surface area contributed by atoms with E-state index in [-0.39, 0.29) is 11.9 Å². The van der Waals surface area contributed by atoms with Crippen LogP contribution in [0, 0.1) is 5.82 Å². The van der Waals surface area contributed by atoms with Gasteiger partial charge in [-0.25, -0.2) is 4.39 Å². The van der Waals surface area contributed by atoms with Gasteiger partial charge in [-0.1, -0.05) is 54.6 Å². The van der Waals surface area contributed by atoms with Crippen LogP contribution in [0.4, 0.5) is 10.1 Å². The molecule has 0 spiro atoms. The Morgan fingerprint density at radius 3 is 2.48 bits per heavy atom. The minimum atomic E-state index is -0.325. The number of anilines is 1. The fraction of sp³-hybridized carbons (Fsp3) is 0.105. The lowest BCUT2D eigenvalue weighted by Gasteiger charge is -2.19. The van der Waals surface area contributed by atoms with E-state index in [9.17, 15) is 4.39 Å². The molecule has 116 valence electrons. The summed E-state index contributed by atoms with van der Waals surface area (Å²) in [6, 6.07) is 20.9. The number of para-hydroxylation sites is 1. The molecule has 1 atom stereocenters. The van der Waals surface area contributed by atoms with Crippen LogP contribution < -0.4 is 10.6 Å². The molecule has 0 fully saturated rings. The maximum atomic E-state index is 13.7. The van der Waals surface area contributed by atoms with Crippen molar-refractivity contribution in [2.45, 2.75) is 13.0 Å². The number of benzene rings is 3. The SMILES string of the molecule is CC(NC(=S)Nc1ccccc1F)c1cccc2ccccc12. The van der Waals surface area contributed by atoms with Gasteiger partial charge in [0.15, 0.2) is 5.11 Å². The molecule has 0 saturated carbocycles. The van der Waals surface area contributed by atoms with Crippen molar-refractivity contribution in [3.63, 3.8) is 0 Å². The largest absolute Gasteiger partial charge is 0.356 e. The van der Waals surface area contributed by atoms with Crippen molar-refractivity contribution in [2.24, 2.45) is 0 Å². The lowest BCUT2D eigenvalue weighted by molar-refractivity contribution is 0.631. The van der Waals surface area contributed by atoms with Gasteiger partial charge in [-0.05, 0) is 47.6 Å². The summed E-state index contributed by atoms with van der Waals surface area (Å²) in [5.41, 5.74) is 1.52. The molecular formula is C19H17FN2S. The first-order valence-electron chi connectivity index (χ1n) is 7.45. The number of thiocarbonyl (C=S) groups is 1. The highest BCUT2D eigenvalue weighted by Crippen LogP contribution is 2.24. The van der Waals surface area contributed by atoms with Gasteiger partial charge < -0.3 is 10.6 Å². The third-order valence-corrected chi connectivity index (χ3v) is 3.98. The van der Waals surface area contributed by atoms with Gasteiger partial charge in [0.1, 0.15) is 5.82 Å². The smallest absolute Gasteiger partial charge is 0.171 e. The van der Waals surface area contributed by atoms with Crippen LogP contribution in [0.3, 0.4) is 0 Å². The summed E-state index contributed by atoms with van der Waals surface area (Å²) < 4.78 is 13.7. The fourth-order valence-corrected chi connectivity index (χ4v) is 2.91. The van der Waals surface area contributed by atoms with Gasteiger partial charge in [0.25, 0.3) is 0 Å². The first kappa shape index (κ1) is 15.4. The molecule has 4 heteroatoms. The summed E-state index contributed by atoms with van der Waals surface area (Å²) in [5.74, 6) is -0.325. The average molecular weight is 324 g/mol. The van der Waals surface area contributed by atoms with E-state index in [1.807, 2.05) is 25.1 Å². The Morgan fingerprint density at radius 1 is 0.957 bits per heavy atom. The van der Waals surface area contributed by atoms with E-state index >= 15 is 0 Å². The highest BCUT2D eigenvalue weighted by Gasteiger charge is 2.11. The molecule has 2 N–H and O–H groups in total. The average Bonchev–Trinajstić information content (AvgIpc) is 2.56. The Bertz CT molecular complexity index is 842. The molecule has 2 nitrogen and oxygen atoms in total. The van der Waals surface area contributed by atoms with E-state index in [1.165, 1.54) is 16.8 Å². The Balaban J connectivity index is 1.77. The minimum absolute atomic E-state index is 0.00729. The van der Waals surface area contributed by atoms with Crippen LogP contribution in [-0.4, -0.2) is 5.11 Å². The Kier molecular flexibility index (Phi) is 4.53. The molecule has 3 aromatic carbocycles. The van der Waals surface area contributed by atoms with E-state index in [4.69, 9.17) is 12.2 Å². The van der Waals surface area contributed by atoms with Crippen LogP contribution in [0.15, 0.2) is 66.7 Å². The number of rotatable bonds is 3. The van der Waals surface area contributed by atoms with E-state index in [2.05, 4.69) is 34.9 Å². The highest BCUT2D eigenvalue weighted by atomic mass is 32.1. The zero-order chi connectivity index (χ0) is 16.2. The first-order chi connectivity index (χ1) is 11.1. The maximum Gasteiger partial charge on any atom is 0.171 e. The fourth-order valence-electron chi connectivity index (χ4n) is 2.62. The Morgan fingerprint density at radius 2 is 1.65 bits per heavy atom. The monoisotopic (exact) mass is 324 g/mol. The van der Waals surface area contributed by atoms with Crippen LogP contribution in [-0.2, 0) is 0 Å². The standard InChI is InChI=1S/C19H17FN2S/c1-13(15-10-6-8-14-7-2-3-9-16(14)15)21-19(23)22-18-12-5-4-11-17(18)20/h2-13H,1H3,(H2,21,22,23). The van der Waals surface area contributed by atoms with Crippen molar-refractivity contribution in [1.82, 2.24) is 5.32 Å². The molecule has 0 aliphatic rings. The molecule has 0 radical (unpaired) electrons. The molecule has 0 bridgehead atoms. The second-order valence-corrected chi connectivity index (χ2v) is 5.78. The van der Waals surface area contributed by atoms with Crippen molar-refractivity contribution < 1.29 is 4.39 Å². The lowest BCUT2D eigenvalue weighted by atomic mass is 10.00. The highest BCUT2D eigenvalue weighted by molar-refractivity contribution is 7.80. The molecule has 1 unspecified atom stereocenters. The van der Waals surface area contributed by atoms with Crippen LogP contribution in [0.2, 0.25) is 0 Å². The quantitative estimate of drug-likeness (QED) is 0.661. The Labute approximate surface area is 140 Å². The van der Waals surface area contributed by atoms with Crippen molar-refractivity contribution in [3.8, 4) is 0 Å². The van der Waals surface area contributed by atoms with Crippen molar-refractivity contribution in [1.29, 1.82) is 0 Å². The Hall–Kier alpha value is -2.46. The summed E-state index contributed by atoms with van der Waals surface area (Å²) in [6.07, 6.45) is 0. The van der Waals surface area contributed by atoms with E-state index in [0.29, 0.717) is 10.8 Å². The number of fused-ring (bicyclic) bond motifs is 1. The summed E-state index contributed by atoms with van der Waals surface area (Å²) >= 11 is 5.31. The zero-order valence-electron chi connectivity index (χ0n) is 12.7.